The molecule has 0 unspecified atom stereocenters. The molecule has 0 fully saturated rings. The van der Waals surface area contributed by atoms with Crippen LogP contribution in [-0.2, 0) is 16.1 Å². The summed E-state index contributed by atoms with van der Waals surface area (Å²) < 4.78 is 4.52. The smallest absolute Gasteiger partial charge is 0.329 e. The van der Waals surface area contributed by atoms with Crippen molar-refractivity contribution >= 4 is 5.97 Å². The molecule has 1 aromatic heterocycles. The molecule has 0 saturated heterocycles. The number of benzene rings is 1. The Hall–Kier alpha value is -2.24. The van der Waals surface area contributed by atoms with Crippen LogP contribution in [0.25, 0.3) is 11.4 Å². The van der Waals surface area contributed by atoms with Crippen LogP contribution in [0.3, 0.4) is 0 Å². The van der Waals surface area contributed by atoms with Gasteiger partial charge in [0.1, 0.15) is 0 Å². The zero-order chi connectivity index (χ0) is 12.3. The maximum absolute atomic E-state index is 11.0. The van der Waals surface area contributed by atoms with E-state index in [1.165, 1.54) is 11.9 Å². The number of hydrogen-bond donors (Lipinski definition) is 0. The lowest BCUT2D eigenvalue weighted by Crippen LogP contribution is -2.14. The SMILES string of the molecule is COC(=O)Cn1nnc(-c2ccc(C)cc2)n1. The number of hydrogen-bond acceptors (Lipinski definition) is 5. The van der Waals surface area contributed by atoms with Gasteiger partial charge in [-0.05, 0) is 12.1 Å². The van der Waals surface area contributed by atoms with E-state index in [9.17, 15) is 4.79 Å². The van der Waals surface area contributed by atoms with Crippen molar-refractivity contribution in [1.29, 1.82) is 0 Å². The molecule has 0 N–H and O–H groups in total. The van der Waals surface area contributed by atoms with E-state index < -0.39 is 5.97 Å². The van der Waals surface area contributed by atoms with Crippen molar-refractivity contribution in [3.63, 3.8) is 0 Å². The third-order valence-electron chi connectivity index (χ3n) is 2.26. The van der Waals surface area contributed by atoms with E-state index in [0.717, 1.165) is 11.1 Å². The van der Waals surface area contributed by atoms with Crippen LogP contribution in [-0.4, -0.2) is 33.3 Å². The summed E-state index contributed by atoms with van der Waals surface area (Å²) in [6, 6.07) is 7.76. The van der Waals surface area contributed by atoms with E-state index in [-0.39, 0.29) is 6.54 Å². The average Bonchev–Trinajstić information content (AvgIpc) is 2.78. The van der Waals surface area contributed by atoms with Gasteiger partial charge in [0, 0.05) is 5.56 Å². The molecule has 1 heterocycles. The number of methoxy groups -OCH3 is 1. The number of carbonyl (C=O) groups excluding carboxylic acids is 1. The van der Waals surface area contributed by atoms with E-state index in [0.29, 0.717) is 5.82 Å². The number of esters is 1. The summed E-state index contributed by atoms with van der Waals surface area (Å²) in [6.45, 7) is 1.97. The summed E-state index contributed by atoms with van der Waals surface area (Å²) in [5.41, 5.74) is 2.03. The molecule has 0 saturated carbocycles. The highest BCUT2D eigenvalue weighted by Crippen LogP contribution is 2.13. The zero-order valence-corrected chi connectivity index (χ0v) is 9.62. The fraction of sp³-hybridized carbons (Fsp3) is 0.273. The summed E-state index contributed by atoms with van der Waals surface area (Å²) in [5, 5.41) is 11.7. The summed E-state index contributed by atoms with van der Waals surface area (Å²) in [6.07, 6.45) is 0. The summed E-state index contributed by atoms with van der Waals surface area (Å²) in [7, 11) is 1.32. The highest BCUT2D eigenvalue weighted by molar-refractivity contribution is 5.68. The Kier molecular flexibility index (Phi) is 3.13. The van der Waals surface area contributed by atoms with Crippen LogP contribution < -0.4 is 0 Å². The molecule has 6 heteroatoms. The first kappa shape index (κ1) is 11.3. The van der Waals surface area contributed by atoms with Crippen LogP contribution in [0.4, 0.5) is 0 Å². The molecular formula is C11H12N4O2. The Labute approximate surface area is 98.2 Å². The predicted octanol–water partition coefficient (Wildman–Crippen LogP) is 0.822. The van der Waals surface area contributed by atoms with Crippen LogP contribution in [0, 0.1) is 6.92 Å². The summed E-state index contributed by atoms with van der Waals surface area (Å²) in [4.78, 5) is 12.2. The molecule has 6 nitrogen and oxygen atoms in total. The number of tetrazole rings is 1. The number of carbonyl (C=O) groups is 1. The van der Waals surface area contributed by atoms with Gasteiger partial charge in [-0.25, -0.2) is 4.79 Å². The van der Waals surface area contributed by atoms with Gasteiger partial charge >= 0.3 is 5.97 Å². The molecule has 2 rings (SSSR count). The van der Waals surface area contributed by atoms with Crippen LogP contribution in [0.5, 0.6) is 0 Å². The monoisotopic (exact) mass is 232 g/mol. The van der Waals surface area contributed by atoms with Gasteiger partial charge in [-0.1, -0.05) is 29.8 Å². The van der Waals surface area contributed by atoms with Gasteiger partial charge < -0.3 is 4.74 Å². The number of aryl methyl sites for hydroxylation is 1. The number of nitrogens with zero attached hydrogens (tertiary/aromatic N) is 4. The molecule has 0 aliphatic rings. The van der Waals surface area contributed by atoms with Crippen molar-refractivity contribution in [1.82, 2.24) is 20.2 Å². The molecule has 0 aliphatic carbocycles. The van der Waals surface area contributed by atoms with Crippen molar-refractivity contribution in [3.05, 3.63) is 29.8 Å². The molecule has 1 aromatic carbocycles. The van der Waals surface area contributed by atoms with E-state index in [2.05, 4.69) is 20.1 Å². The van der Waals surface area contributed by atoms with E-state index in [4.69, 9.17) is 0 Å². The van der Waals surface area contributed by atoms with Gasteiger partial charge in [-0.2, -0.15) is 4.80 Å². The van der Waals surface area contributed by atoms with Crippen molar-refractivity contribution in [2.75, 3.05) is 7.11 Å². The van der Waals surface area contributed by atoms with E-state index in [1.807, 2.05) is 31.2 Å². The lowest BCUT2D eigenvalue weighted by molar-refractivity contribution is -0.141. The highest BCUT2D eigenvalue weighted by atomic mass is 16.5. The minimum absolute atomic E-state index is 0.0324. The summed E-state index contributed by atoms with van der Waals surface area (Å²) in [5.74, 6) is 0.0896. The number of ether oxygens (including phenoxy) is 1. The lowest BCUT2D eigenvalue weighted by atomic mass is 10.1. The first-order valence-electron chi connectivity index (χ1n) is 5.10. The van der Waals surface area contributed by atoms with Crippen LogP contribution in [0.15, 0.2) is 24.3 Å². The Bertz CT molecular complexity index is 519. The molecule has 2 aromatic rings. The van der Waals surface area contributed by atoms with E-state index in [1.54, 1.807) is 0 Å². The molecular weight excluding hydrogens is 220 g/mol. The second-order valence-corrected chi connectivity index (χ2v) is 3.59. The van der Waals surface area contributed by atoms with Gasteiger partial charge in [0.05, 0.1) is 7.11 Å². The highest BCUT2D eigenvalue weighted by Gasteiger charge is 2.08. The topological polar surface area (TPSA) is 69.9 Å². The fourth-order valence-electron chi connectivity index (χ4n) is 1.31. The third kappa shape index (κ3) is 2.66. The average molecular weight is 232 g/mol. The van der Waals surface area contributed by atoms with Crippen molar-refractivity contribution in [2.45, 2.75) is 13.5 Å². The Morgan fingerprint density at radius 3 is 2.71 bits per heavy atom. The van der Waals surface area contributed by atoms with E-state index >= 15 is 0 Å². The molecule has 0 bridgehead atoms. The van der Waals surface area contributed by atoms with Crippen LogP contribution >= 0.6 is 0 Å². The van der Waals surface area contributed by atoms with Gasteiger partial charge in [0.15, 0.2) is 6.54 Å². The van der Waals surface area contributed by atoms with Crippen LogP contribution in [0.1, 0.15) is 5.56 Å². The second kappa shape index (κ2) is 4.73. The Morgan fingerprint density at radius 1 is 1.35 bits per heavy atom. The Balaban J connectivity index is 2.18. The fourth-order valence-corrected chi connectivity index (χ4v) is 1.31. The minimum Gasteiger partial charge on any atom is -0.468 e. The molecule has 0 aliphatic heterocycles. The quantitative estimate of drug-likeness (QED) is 0.733. The van der Waals surface area contributed by atoms with Gasteiger partial charge in [0.25, 0.3) is 0 Å². The minimum atomic E-state index is -0.405. The predicted molar refractivity (Wildman–Crippen MR) is 60.0 cm³/mol. The maximum Gasteiger partial charge on any atom is 0.329 e. The first-order chi connectivity index (χ1) is 8.19. The number of aromatic nitrogens is 4. The number of rotatable bonds is 3. The Morgan fingerprint density at radius 2 is 2.06 bits per heavy atom. The largest absolute Gasteiger partial charge is 0.468 e. The van der Waals surface area contributed by atoms with Crippen molar-refractivity contribution < 1.29 is 9.53 Å². The molecule has 0 amide bonds. The lowest BCUT2D eigenvalue weighted by Gasteiger charge is -1.96. The maximum atomic E-state index is 11.0. The molecule has 0 radical (unpaired) electrons. The third-order valence-corrected chi connectivity index (χ3v) is 2.26. The molecule has 0 spiro atoms. The first-order valence-corrected chi connectivity index (χ1v) is 5.10. The normalized spacial score (nSPS) is 10.2. The molecule has 0 atom stereocenters. The van der Waals surface area contributed by atoms with Crippen molar-refractivity contribution in [3.8, 4) is 11.4 Å². The van der Waals surface area contributed by atoms with Gasteiger partial charge in [-0.3, -0.25) is 0 Å². The summed E-state index contributed by atoms with van der Waals surface area (Å²) >= 11 is 0. The van der Waals surface area contributed by atoms with Gasteiger partial charge in [0.2, 0.25) is 5.82 Å². The molecule has 88 valence electrons. The van der Waals surface area contributed by atoms with Crippen LogP contribution in [0.2, 0.25) is 0 Å². The molecule has 17 heavy (non-hydrogen) atoms. The van der Waals surface area contributed by atoms with Gasteiger partial charge in [-0.15, -0.1) is 10.2 Å². The standard InChI is InChI=1S/C11H12N4O2/c1-8-3-5-9(6-4-8)11-12-14-15(13-11)7-10(16)17-2/h3-6H,7H2,1-2H3. The zero-order valence-electron chi connectivity index (χ0n) is 9.62. The second-order valence-electron chi connectivity index (χ2n) is 3.59. The van der Waals surface area contributed by atoms with Crippen molar-refractivity contribution in [2.24, 2.45) is 0 Å².